The topological polar surface area (TPSA) is 67.9 Å². The van der Waals surface area contributed by atoms with E-state index >= 15 is 0 Å². The zero-order chi connectivity index (χ0) is 21.9. The van der Waals surface area contributed by atoms with E-state index in [1.165, 1.54) is 5.56 Å². The van der Waals surface area contributed by atoms with Crippen LogP contribution in [0.5, 0.6) is 5.75 Å². The lowest BCUT2D eigenvalue weighted by atomic mass is 9.97. The predicted molar refractivity (Wildman–Crippen MR) is 121 cm³/mol. The first-order valence-electron chi connectivity index (χ1n) is 11.1. The van der Waals surface area contributed by atoms with Gasteiger partial charge in [-0.1, -0.05) is 30.3 Å². The van der Waals surface area contributed by atoms with E-state index in [4.69, 9.17) is 9.47 Å². The monoisotopic (exact) mass is 424 g/mol. The molecule has 1 aliphatic heterocycles. The van der Waals surface area contributed by atoms with Gasteiger partial charge in [-0.2, -0.15) is 0 Å². The number of ether oxygens (including phenoxy) is 2. The molecule has 0 aliphatic carbocycles. The number of hydrogen-bond acceptors (Lipinski definition) is 5. The van der Waals surface area contributed by atoms with Crippen LogP contribution in [0, 0.1) is 5.92 Å². The molecule has 1 amide bonds. The SMILES string of the molecule is CCOC(=O)C1CCN(CC(=O)Nc2ccc(OCCCc3ccccc3)cc2)CC1. The molecule has 1 N–H and O–H groups in total. The Balaban J connectivity index is 1.34. The summed E-state index contributed by atoms with van der Waals surface area (Å²) < 4.78 is 10.9. The lowest BCUT2D eigenvalue weighted by Gasteiger charge is -2.30. The van der Waals surface area contributed by atoms with Crippen LogP contribution in [-0.4, -0.2) is 49.6 Å². The highest BCUT2D eigenvalue weighted by Crippen LogP contribution is 2.19. The lowest BCUT2D eigenvalue weighted by molar-refractivity contribution is -0.149. The number of nitrogens with one attached hydrogen (secondary N) is 1. The molecule has 31 heavy (non-hydrogen) atoms. The zero-order valence-electron chi connectivity index (χ0n) is 18.2. The van der Waals surface area contributed by atoms with E-state index in [0.29, 0.717) is 19.8 Å². The van der Waals surface area contributed by atoms with Gasteiger partial charge in [0.25, 0.3) is 0 Å². The minimum absolute atomic E-state index is 0.0421. The number of esters is 1. The van der Waals surface area contributed by atoms with Gasteiger partial charge in [-0.05, 0) is 75.5 Å². The van der Waals surface area contributed by atoms with Crippen LogP contribution in [0.3, 0.4) is 0 Å². The average Bonchev–Trinajstić information content (AvgIpc) is 2.79. The molecular formula is C25H32N2O4. The normalized spacial score (nSPS) is 14.7. The van der Waals surface area contributed by atoms with Crippen molar-refractivity contribution in [2.24, 2.45) is 5.92 Å². The van der Waals surface area contributed by atoms with Crippen LogP contribution in [-0.2, 0) is 20.7 Å². The number of amides is 1. The maximum absolute atomic E-state index is 12.4. The summed E-state index contributed by atoms with van der Waals surface area (Å²) in [7, 11) is 0. The average molecular weight is 425 g/mol. The van der Waals surface area contributed by atoms with Crippen molar-refractivity contribution in [1.29, 1.82) is 0 Å². The summed E-state index contributed by atoms with van der Waals surface area (Å²) in [4.78, 5) is 26.2. The van der Waals surface area contributed by atoms with Crippen molar-refractivity contribution in [3.63, 3.8) is 0 Å². The van der Waals surface area contributed by atoms with Crippen LogP contribution in [0.4, 0.5) is 5.69 Å². The van der Waals surface area contributed by atoms with Crippen molar-refractivity contribution in [3.05, 3.63) is 60.2 Å². The molecule has 6 heteroatoms. The van der Waals surface area contributed by atoms with Crippen LogP contribution in [0.15, 0.2) is 54.6 Å². The Morgan fingerprint density at radius 3 is 2.42 bits per heavy atom. The number of aryl methyl sites for hydroxylation is 1. The number of anilines is 1. The van der Waals surface area contributed by atoms with Gasteiger partial charge in [0.15, 0.2) is 0 Å². The molecule has 0 spiro atoms. The van der Waals surface area contributed by atoms with Gasteiger partial charge in [-0.25, -0.2) is 0 Å². The summed E-state index contributed by atoms with van der Waals surface area (Å²) in [5.74, 6) is 0.590. The van der Waals surface area contributed by atoms with Gasteiger partial charge in [0.2, 0.25) is 5.91 Å². The van der Waals surface area contributed by atoms with Crippen LogP contribution < -0.4 is 10.1 Å². The third kappa shape index (κ3) is 7.72. The van der Waals surface area contributed by atoms with Crippen molar-refractivity contribution in [2.75, 3.05) is 38.2 Å². The molecular weight excluding hydrogens is 392 g/mol. The van der Waals surface area contributed by atoms with Crippen molar-refractivity contribution >= 4 is 17.6 Å². The van der Waals surface area contributed by atoms with E-state index in [0.717, 1.165) is 50.2 Å². The zero-order valence-corrected chi connectivity index (χ0v) is 18.2. The number of rotatable bonds is 10. The van der Waals surface area contributed by atoms with Crippen molar-refractivity contribution in [1.82, 2.24) is 4.90 Å². The Labute approximate surface area is 184 Å². The Kier molecular flexibility index (Phi) is 8.91. The van der Waals surface area contributed by atoms with Gasteiger partial charge in [-0.15, -0.1) is 0 Å². The van der Waals surface area contributed by atoms with Crippen LogP contribution in [0.2, 0.25) is 0 Å². The number of likely N-dealkylation sites (tertiary alicyclic amines) is 1. The van der Waals surface area contributed by atoms with E-state index < -0.39 is 0 Å². The maximum Gasteiger partial charge on any atom is 0.309 e. The second-order valence-electron chi connectivity index (χ2n) is 7.81. The Morgan fingerprint density at radius 2 is 1.74 bits per heavy atom. The summed E-state index contributed by atoms with van der Waals surface area (Å²) in [6.07, 6.45) is 3.42. The molecule has 1 fully saturated rings. The number of nitrogens with zero attached hydrogens (tertiary/aromatic N) is 1. The molecule has 1 saturated heterocycles. The first kappa shape index (κ1) is 22.8. The van der Waals surface area contributed by atoms with E-state index in [2.05, 4.69) is 34.5 Å². The fraction of sp³-hybridized carbons (Fsp3) is 0.440. The van der Waals surface area contributed by atoms with E-state index in [-0.39, 0.29) is 17.8 Å². The minimum Gasteiger partial charge on any atom is -0.494 e. The van der Waals surface area contributed by atoms with Crippen molar-refractivity contribution < 1.29 is 19.1 Å². The molecule has 6 nitrogen and oxygen atoms in total. The summed E-state index contributed by atoms with van der Waals surface area (Å²) in [6, 6.07) is 17.8. The molecule has 3 rings (SSSR count). The quantitative estimate of drug-likeness (QED) is 0.463. The molecule has 0 bridgehead atoms. The van der Waals surface area contributed by atoms with Gasteiger partial charge in [0.05, 0.1) is 25.7 Å². The van der Waals surface area contributed by atoms with E-state index in [9.17, 15) is 9.59 Å². The summed E-state index contributed by atoms with van der Waals surface area (Å²) >= 11 is 0. The highest BCUT2D eigenvalue weighted by molar-refractivity contribution is 5.92. The fourth-order valence-electron chi connectivity index (χ4n) is 3.74. The molecule has 2 aromatic rings. The molecule has 2 aromatic carbocycles. The first-order chi connectivity index (χ1) is 15.1. The van der Waals surface area contributed by atoms with Gasteiger partial charge in [0.1, 0.15) is 5.75 Å². The smallest absolute Gasteiger partial charge is 0.309 e. The van der Waals surface area contributed by atoms with E-state index in [1.54, 1.807) is 0 Å². The minimum atomic E-state index is -0.117. The molecule has 0 aromatic heterocycles. The fourth-order valence-corrected chi connectivity index (χ4v) is 3.74. The molecule has 0 saturated carbocycles. The second kappa shape index (κ2) is 12.1. The van der Waals surface area contributed by atoms with Crippen molar-refractivity contribution in [2.45, 2.75) is 32.6 Å². The number of benzene rings is 2. The molecule has 0 atom stereocenters. The number of piperidine rings is 1. The third-order valence-electron chi connectivity index (χ3n) is 5.43. The van der Waals surface area contributed by atoms with Gasteiger partial charge in [-0.3, -0.25) is 14.5 Å². The van der Waals surface area contributed by atoms with Gasteiger partial charge >= 0.3 is 5.97 Å². The van der Waals surface area contributed by atoms with Crippen molar-refractivity contribution in [3.8, 4) is 5.75 Å². The van der Waals surface area contributed by atoms with Crippen LogP contribution >= 0.6 is 0 Å². The van der Waals surface area contributed by atoms with Gasteiger partial charge < -0.3 is 14.8 Å². The highest BCUT2D eigenvalue weighted by Gasteiger charge is 2.26. The summed E-state index contributed by atoms with van der Waals surface area (Å²) in [5.41, 5.74) is 2.07. The molecule has 0 radical (unpaired) electrons. The maximum atomic E-state index is 12.4. The summed E-state index contributed by atoms with van der Waals surface area (Å²) in [6.45, 7) is 4.68. The summed E-state index contributed by atoms with van der Waals surface area (Å²) in [5, 5.41) is 2.93. The van der Waals surface area contributed by atoms with Gasteiger partial charge in [0, 0.05) is 5.69 Å². The Bertz CT molecular complexity index is 815. The highest BCUT2D eigenvalue weighted by atomic mass is 16.5. The molecule has 1 aliphatic rings. The van der Waals surface area contributed by atoms with Crippen LogP contribution in [0.1, 0.15) is 31.7 Å². The largest absolute Gasteiger partial charge is 0.494 e. The Hall–Kier alpha value is -2.86. The number of hydrogen-bond donors (Lipinski definition) is 1. The number of carbonyl (C=O) groups excluding carboxylic acids is 2. The lowest BCUT2D eigenvalue weighted by Crippen LogP contribution is -2.41. The predicted octanol–water partition coefficient (Wildman–Crippen LogP) is 3.91. The number of carbonyl (C=O) groups is 2. The first-order valence-corrected chi connectivity index (χ1v) is 11.1. The molecule has 1 heterocycles. The van der Waals surface area contributed by atoms with E-state index in [1.807, 2.05) is 37.3 Å². The third-order valence-corrected chi connectivity index (χ3v) is 5.43. The van der Waals surface area contributed by atoms with Crippen LogP contribution in [0.25, 0.3) is 0 Å². The standard InChI is InChI=1S/C25H32N2O4/c1-2-30-25(29)21-14-16-27(17-15-21)19-24(28)26-22-10-12-23(13-11-22)31-18-6-9-20-7-4-3-5-8-20/h3-5,7-8,10-13,21H,2,6,9,14-19H2,1H3,(H,26,28). The second-order valence-corrected chi connectivity index (χ2v) is 7.81. The molecule has 166 valence electrons. The molecule has 0 unspecified atom stereocenters. The Morgan fingerprint density at radius 1 is 1.03 bits per heavy atom.